The number of hydrogen-bond acceptors (Lipinski definition) is 4. The summed E-state index contributed by atoms with van der Waals surface area (Å²) >= 11 is 0. The first kappa shape index (κ1) is 15.5. The van der Waals surface area contributed by atoms with Gasteiger partial charge in [-0.1, -0.05) is 0 Å². The Labute approximate surface area is 133 Å². The molecule has 2 aromatic rings. The Morgan fingerprint density at radius 2 is 2.17 bits per heavy atom. The van der Waals surface area contributed by atoms with Gasteiger partial charge in [-0.05, 0) is 24.3 Å². The number of aliphatic hydroxyl groups excluding tert-OH is 1. The number of halogens is 1. The molecule has 6 nitrogen and oxygen atoms in total. The Hall–Kier alpha value is -2.41. The SMILES string of the molecule is Cn1cnc2c1CC(CO)N(C(=O)COc1ccc(F)cc1)C2. The third kappa shape index (κ3) is 3.19. The summed E-state index contributed by atoms with van der Waals surface area (Å²) in [7, 11) is 1.90. The first-order valence-corrected chi connectivity index (χ1v) is 7.36. The average molecular weight is 319 g/mol. The van der Waals surface area contributed by atoms with E-state index in [0.29, 0.717) is 18.7 Å². The molecule has 1 aliphatic heterocycles. The van der Waals surface area contributed by atoms with Crippen LogP contribution in [0.1, 0.15) is 11.4 Å². The molecule has 7 heteroatoms. The number of aromatic nitrogens is 2. The molecule has 2 heterocycles. The van der Waals surface area contributed by atoms with E-state index in [0.717, 1.165) is 11.4 Å². The van der Waals surface area contributed by atoms with Gasteiger partial charge in [-0.2, -0.15) is 0 Å². The number of carbonyl (C=O) groups excluding carboxylic acids is 1. The van der Waals surface area contributed by atoms with Crippen molar-refractivity contribution in [1.82, 2.24) is 14.5 Å². The number of nitrogens with zero attached hydrogens (tertiary/aromatic N) is 3. The largest absolute Gasteiger partial charge is 0.484 e. The minimum absolute atomic E-state index is 0.118. The molecule has 23 heavy (non-hydrogen) atoms. The molecule has 1 unspecified atom stereocenters. The summed E-state index contributed by atoms with van der Waals surface area (Å²) in [5.74, 6) is -0.164. The van der Waals surface area contributed by atoms with Crippen LogP contribution in [0.4, 0.5) is 4.39 Å². The highest BCUT2D eigenvalue weighted by atomic mass is 19.1. The lowest BCUT2D eigenvalue weighted by Crippen LogP contribution is -2.48. The standard InChI is InChI=1S/C16H18FN3O3/c1-19-10-18-14-7-20(12(8-21)6-15(14)19)16(22)9-23-13-4-2-11(17)3-5-13/h2-5,10,12,21H,6-9H2,1H3. The van der Waals surface area contributed by atoms with E-state index in [-0.39, 0.29) is 31.0 Å². The molecule has 3 rings (SSSR count). The zero-order chi connectivity index (χ0) is 16.4. The highest BCUT2D eigenvalue weighted by Gasteiger charge is 2.31. The zero-order valence-corrected chi connectivity index (χ0v) is 12.8. The van der Waals surface area contributed by atoms with E-state index >= 15 is 0 Å². The van der Waals surface area contributed by atoms with E-state index in [9.17, 15) is 14.3 Å². The summed E-state index contributed by atoms with van der Waals surface area (Å²) in [5.41, 5.74) is 1.87. The van der Waals surface area contributed by atoms with E-state index in [1.165, 1.54) is 24.3 Å². The van der Waals surface area contributed by atoms with Crippen molar-refractivity contribution in [3.05, 3.63) is 47.8 Å². The molecule has 0 radical (unpaired) electrons. The van der Waals surface area contributed by atoms with Gasteiger partial charge in [0.2, 0.25) is 0 Å². The Morgan fingerprint density at radius 1 is 1.43 bits per heavy atom. The third-order valence-electron chi connectivity index (χ3n) is 4.04. The molecule has 1 aliphatic rings. The Bertz CT molecular complexity index is 699. The Balaban J connectivity index is 1.67. The lowest BCUT2D eigenvalue weighted by atomic mass is 10.0. The summed E-state index contributed by atoms with van der Waals surface area (Å²) in [6.07, 6.45) is 2.27. The van der Waals surface area contributed by atoms with Crippen LogP contribution in [0.15, 0.2) is 30.6 Å². The maximum absolute atomic E-state index is 12.8. The number of rotatable bonds is 4. The highest BCUT2D eigenvalue weighted by Crippen LogP contribution is 2.22. The number of fused-ring (bicyclic) bond motifs is 1. The second kappa shape index (κ2) is 6.37. The van der Waals surface area contributed by atoms with E-state index in [2.05, 4.69) is 4.98 Å². The minimum Gasteiger partial charge on any atom is -0.484 e. The molecule has 1 N–H and O–H groups in total. The topological polar surface area (TPSA) is 67.6 Å². The van der Waals surface area contributed by atoms with Gasteiger partial charge in [0.1, 0.15) is 11.6 Å². The molecule has 122 valence electrons. The van der Waals surface area contributed by atoms with Crippen molar-refractivity contribution in [3.8, 4) is 5.75 Å². The number of hydrogen-bond donors (Lipinski definition) is 1. The average Bonchev–Trinajstić information content (AvgIpc) is 2.93. The number of amides is 1. The van der Waals surface area contributed by atoms with Crippen molar-refractivity contribution in [3.63, 3.8) is 0 Å². The van der Waals surface area contributed by atoms with Gasteiger partial charge in [0, 0.05) is 19.2 Å². The van der Waals surface area contributed by atoms with Crippen LogP contribution in [0, 0.1) is 5.82 Å². The van der Waals surface area contributed by atoms with Gasteiger partial charge in [0.25, 0.3) is 5.91 Å². The third-order valence-corrected chi connectivity index (χ3v) is 4.04. The maximum atomic E-state index is 12.8. The van der Waals surface area contributed by atoms with Crippen LogP contribution in [0.3, 0.4) is 0 Å². The normalized spacial score (nSPS) is 17.0. The second-order valence-electron chi connectivity index (χ2n) is 5.55. The number of carbonyl (C=O) groups is 1. The van der Waals surface area contributed by atoms with Crippen molar-refractivity contribution >= 4 is 5.91 Å². The van der Waals surface area contributed by atoms with Crippen molar-refractivity contribution < 1.29 is 19.0 Å². The summed E-state index contributed by atoms with van der Waals surface area (Å²) in [6, 6.07) is 5.20. The number of aliphatic hydroxyl groups is 1. The molecule has 0 aliphatic carbocycles. The minimum atomic E-state index is -0.359. The van der Waals surface area contributed by atoms with Gasteiger partial charge in [0.15, 0.2) is 6.61 Å². The van der Waals surface area contributed by atoms with Crippen LogP contribution >= 0.6 is 0 Å². The molecule has 0 saturated carbocycles. The molecule has 1 aromatic carbocycles. The lowest BCUT2D eigenvalue weighted by molar-refractivity contribution is -0.138. The van der Waals surface area contributed by atoms with Crippen LogP contribution in [-0.4, -0.2) is 44.7 Å². The van der Waals surface area contributed by atoms with Gasteiger partial charge in [-0.3, -0.25) is 4.79 Å². The zero-order valence-electron chi connectivity index (χ0n) is 12.8. The molecule has 1 amide bonds. The Kier molecular flexibility index (Phi) is 4.29. The molecule has 1 aromatic heterocycles. The van der Waals surface area contributed by atoms with Crippen LogP contribution in [-0.2, 0) is 24.8 Å². The van der Waals surface area contributed by atoms with Gasteiger partial charge in [-0.25, -0.2) is 9.37 Å². The molecule has 1 atom stereocenters. The quantitative estimate of drug-likeness (QED) is 0.908. The molecule has 0 spiro atoms. The van der Waals surface area contributed by atoms with Gasteiger partial charge < -0.3 is 19.3 Å². The summed E-state index contributed by atoms with van der Waals surface area (Å²) in [5, 5.41) is 9.57. The van der Waals surface area contributed by atoms with E-state index in [4.69, 9.17) is 4.74 Å². The number of aryl methyl sites for hydroxylation is 1. The monoisotopic (exact) mass is 319 g/mol. The second-order valence-corrected chi connectivity index (χ2v) is 5.55. The highest BCUT2D eigenvalue weighted by molar-refractivity contribution is 5.78. The Morgan fingerprint density at radius 3 is 2.87 bits per heavy atom. The number of imidazole rings is 1. The molecular weight excluding hydrogens is 301 g/mol. The van der Waals surface area contributed by atoms with Crippen LogP contribution in [0.2, 0.25) is 0 Å². The van der Waals surface area contributed by atoms with E-state index in [1.54, 1.807) is 11.2 Å². The van der Waals surface area contributed by atoms with Crippen LogP contribution < -0.4 is 4.74 Å². The predicted octanol–water partition coefficient (Wildman–Crippen LogP) is 0.884. The van der Waals surface area contributed by atoms with Gasteiger partial charge >= 0.3 is 0 Å². The number of ether oxygens (including phenoxy) is 1. The van der Waals surface area contributed by atoms with Gasteiger partial charge in [0.05, 0.1) is 31.2 Å². The maximum Gasteiger partial charge on any atom is 0.261 e. The molecule has 0 saturated heterocycles. The molecular formula is C16H18FN3O3. The fourth-order valence-electron chi connectivity index (χ4n) is 2.74. The van der Waals surface area contributed by atoms with Crippen LogP contribution in [0.25, 0.3) is 0 Å². The van der Waals surface area contributed by atoms with Crippen molar-refractivity contribution in [2.24, 2.45) is 7.05 Å². The van der Waals surface area contributed by atoms with Crippen LogP contribution in [0.5, 0.6) is 5.75 Å². The summed E-state index contributed by atoms with van der Waals surface area (Å²) < 4.78 is 20.2. The lowest BCUT2D eigenvalue weighted by Gasteiger charge is -2.34. The molecule has 0 fully saturated rings. The first-order chi connectivity index (χ1) is 11.1. The fraction of sp³-hybridized carbons (Fsp3) is 0.375. The van der Waals surface area contributed by atoms with E-state index < -0.39 is 0 Å². The molecule has 0 bridgehead atoms. The van der Waals surface area contributed by atoms with Crippen molar-refractivity contribution in [1.29, 1.82) is 0 Å². The van der Waals surface area contributed by atoms with Gasteiger partial charge in [-0.15, -0.1) is 0 Å². The fourth-order valence-corrected chi connectivity index (χ4v) is 2.74. The van der Waals surface area contributed by atoms with Crippen molar-refractivity contribution in [2.45, 2.75) is 19.0 Å². The van der Waals surface area contributed by atoms with E-state index in [1.807, 2.05) is 11.6 Å². The summed E-state index contributed by atoms with van der Waals surface area (Å²) in [4.78, 5) is 18.3. The predicted molar refractivity (Wildman–Crippen MR) is 80.2 cm³/mol. The summed E-state index contributed by atoms with van der Waals surface area (Å²) in [6.45, 7) is 0.0736. The number of benzene rings is 1. The van der Waals surface area contributed by atoms with Crippen molar-refractivity contribution in [2.75, 3.05) is 13.2 Å². The smallest absolute Gasteiger partial charge is 0.261 e. The first-order valence-electron chi connectivity index (χ1n) is 7.36.